The fourth-order valence-electron chi connectivity index (χ4n) is 2.73. The van der Waals surface area contributed by atoms with Crippen LogP contribution in [-0.2, 0) is 6.42 Å². The van der Waals surface area contributed by atoms with E-state index in [-0.39, 0.29) is 5.91 Å². The van der Waals surface area contributed by atoms with Crippen LogP contribution in [-0.4, -0.2) is 19.0 Å². The maximum Gasteiger partial charge on any atom is 0.251 e. The number of hydrogen-bond acceptors (Lipinski definition) is 2. The number of nitrogens with one attached hydrogen (secondary N) is 2. The molecule has 3 nitrogen and oxygen atoms in total. The van der Waals surface area contributed by atoms with Crippen molar-refractivity contribution in [3.05, 3.63) is 29.3 Å². The SMILES string of the molecule is CC1CC1CNC(=O)c1cccc2c1CCCN2. The predicted octanol–water partition coefficient (Wildman–Crippen LogP) is 2.43. The summed E-state index contributed by atoms with van der Waals surface area (Å²) in [6.45, 7) is 4.08. The normalized spacial score (nSPS) is 24.9. The molecule has 1 saturated carbocycles. The highest BCUT2D eigenvalue weighted by atomic mass is 16.1. The number of anilines is 1. The molecule has 1 heterocycles. The molecular formula is C15H20N2O. The van der Waals surface area contributed by atoms with Crippen molar-refractivity contribution in [1.29, 1.82) is 0 Å². The van der Waals surface area contributed by atoms with E-state index >= 15 is 0 Å². The van der Waals surface area contributed by atoms with Gasteiger partial charge in [0.25, 0.3) is 5.91 Å². The van der Waals surface area contributed by atoms with Crippen molar-refractivity contribution in [3.8, 4) is 0 Å². The summed E-state index contributed by atoms with van der Waals surface area (Å²) in [4.78, 5) is 12.2. The minimum atomic E-state index is 0.0923. The number of carbonyl (C=O) groups is 1. The zero-order valence-electron chi connectivity index (χ0n) is 10.8. The van der Waals surface area contributed by atoms with Gasteiger partial charge in [-0.1, -0.05) is 13.0 Å². The molecule has 2 atom stereocenters. The molecule has 1 amide bonds. The van der Waals surface area contributed by atoms with Crippen molar-refractivity contribution < 1.29 is 4.79 Å². The molecule has 1 aliphatic heterocycles. The molecule has 1 fully saturated rings. The second-order valence-electron chi connectivity index (χ2n) is 5.55. The Balaban J connectivity index is 1.72. The molecule has 18 heavy (non-hydrogen) atoms. The lowest BCUT2D eigenvalue weighted by molar-refractivity contribution is 0.0950. The van der Waals surface area contributed by atoms with Gasteiger partial charge in [0.2, 0.25) is 0 Å². The molecule has 3 heteroatoms. The first-order chi connectivity index (χ1) is 8.75. The highest BCUT2D eigenvalue weighted by Crippen LogP contribution is 2.36. The predicted molar refractivity (Wildman–Crippen MR) is 72.9 cm³/mol. The molecule has 1 aromatic rings. The highest BCUT2D eigenvalue weighted by Gasteiger charge is 2.32. The maximum atomic E-state index is 12.2. The van der Waals surface area contributed by atoms with Crippen LogP contribution >= 0.6 is 0 Å². The van der Waals surface area contributed by atoms with Crippen LogP contribution in [0.5, 0.6) is 0 Å². The van der Waals surface area contributed by atoms with E-state index in [0.29, 0.717) is 5.92 Å². The summed E-state index contributed by atoms with van der Waals surface area (Å²) >= 11 is 0. The standard InChI is InChI=1S/C15H20N2O/c1-10-8-11(10)9-17-15(18)13-4-2-6-14-12(13)5-3-7-16-14/h2,4,6,10-11,16H,3,5,7-9H2,1H3,(H,17,18). The van der Waals surface area contributed by atoms with E-state index in [1.54, 1.807) is 0 Å². The zero-order valence-corrected chi connectivity index (χ0v) is 10.8. The third-order valence-corrected chi connectivity index (χ3v) is 4.14. The van der Waals surface area contributed by atoms with Crippen molar-refractivity contribution in [1.82, 2.24) is 5.32 Å². The summed E-state index contributed by atoms with van der Waals surface area (Å²) in [7, 11) is 0. The van der Waals surface area contributed by atoms with Crippen LogP contribution in [0.2, 0.25) is 0 Å². The highest BCUT2D eigenvalue weighted by molar-refractivity contribution is 5.97. The smallest absolute Gasteiger partial charge is 0.251 e. The van der Waals surface area contributed by atoms with Crippen molar-refractivity contribution >= 4 is 11.6 Å². The maximum absolute atomic E-state index is 12.2. The van der Waals surface area contributed by atoms with Crippen LogP contribution in [0.3, 0.4) is 0 Å². The van der Waals surface area contributed by atoms with E-state index in [1.807, 2.05) is 12.1 Å². The van der Waals surface area contributed by atoms with Gasteiger partial charge in [-0.2, -0.15) is 0 Å². The Morgan fingerprint density at radius 2 is 2.33 bits per heavy atom. The van der Waals surface area contributed by atoms with Gasteiger partial charge in [0.15, 0.2) is 0 Å². The number of amides is 1. The Morgan fingerprint density at radius 1 is 1.50 bits per heavy atom. The Labute approximate surface area is 108 Å². The summed E-state index contributed by atoms with van der Waals surface area (Å²) in [5.41, 5.74) is 3.17. The second kappa shape index (κ2) is 4.63. The first kappa shape index (κ1) is 11.6. The van der Waals surface area contributed by atoms with E-state index in [2.05, 4.69) is 23.6 Å². The summed E-state index contributed by atoms with van der Waals surface area (Å²) in [5, 5.41) is 6.44. The molecule has 0 spiro atoms. The Morgan fingerprint density at radius 3 is 3.11 bits per heavy atom. The van der Waals surface area contributed by atoms with E-state index in [9.17, 15) is 4.79 Å². The Bertz CT molecular complexity index is 470. The molecule has 2 N–H and O–H groups in total. The Kier molecular flexibility index (Phi) is 2.98. The van der Waals surface area contributed by atoms with E-state index in [0.717, 1.165) is 43.1 Å². The molecule has 1 aliphatic carbocycles. The van der Waals surface area contributed by atoms with Gasteiger partial charge < -0.3 is 10.6 Å². The van der Waals surface area contributed by atoms with Crippen molar-refractivity contribution in [2.24, 2.45) is 11.8 Å². The first-order valence-electron chi connectivity index (χ1n) is 6.89. The van der Waals surface area contributed by atoms with Gasteiger partial charge in [-0.05, 0) is 48.8 Å². The van der Waals surface area contributed by atoms with E-state index in [4.69, 9.17) is 0 Å². The molecule has 3 rings (SSSR count). The van der Waals surface area contributed by atoms with Crippen molar-refractivity contribution in [3.63, 3.8) is 0 Å². The summed E-state index contributed by atoms with van der Waals surface area (Å²) in [5.74, 6) is 1.58. The van der Waals surface area contributed by atoms with Gasteiger partial charge in [-0.25, -0.2) is 0 Å². The van der Waals surface area contributed by atoms with Crippen LogP contribution < -0.4 is 10.6 Å². The third-order valence-electron chi connectivity index (χ3n) is 4.14. The quantitative estimate of drug-likeness (QED) is 0.857. The molecular weight excluding hydrogens is 224 g/mol. The van der Waals surface area contributed by atoms with Crippen molar-refractivity contribution in [2.45, 2.75) is 26.2 Å². The number of hydrogen-bond donors (Lipinski definition) is 2. The van der Waals surface area contributed by atoms with Gasteiger partial charge in [0.05, 0.1) is 0 Å². The number of carbonyl (C=O) groups excluding carboxylic acids is 1. The molecule has 0 bridgehead atoms. The zero-order chi connectivity index (χ0) is 12.5. The van der Waals surface area contributed by atoms with Crippen LogP contribution in [0.4, 0.5) is 5.69 Å². The first-order valence-corrected chi connectivity index (χ1v) is 6.89. The lowest BCUT2D eigenvalue weighted by Crippen LogP contribution is -2.28. The van der Waals surface area contributed by atoms with Crippen molar-refractivity contribution in [2.75, 3.05) is 18.4 Å². The minimum Gasteiger partial charge on any atom is -0.385 e. The third kappa shape index (κ3) is 2.22. The topological polar surface area (TPSA) is 41.1 Å². The largest absolute Gasteiger partial charge is 0.385 e. The van der Waals surface area contributed by atoms with Crippen LogP contribution in [0.25, 0.3) is 0 Å². The lowest BCUT2D eigenvalue weighted by Gasteiger charge is -2.20. The van der Waals surface area contributed by atoms with Gasteiger partial charge in [-0.15, -0.1) is 0 Å². The monoisotopic (exact) mass is 244 g/mol. The number of fused-ring (bicyclic) bond motifs is 1. The molecule has 96 valence electrons. The molecule has 1 aromatic carbocycles. The molecule has 2 aliphatic rings. The van der Waals surface area contributed by atoms with Crippen LogP contribution in [0.1, 0.15) is 35.7 Å². The fraction of sp³-hybridized carbons (Fsp3) is 0.533. The van der Waals surface area contributed by atoms with Gasteiger partial charge in [0.1, 0.15) is 0 Å². The fourth-order valence-corrected chi connectivity index (χ4v) is 2.73. The number of benzene rings is 1. The van der Waals surface area contributed by atoms with Gasteiger partial charge >= 0.3 is 0 Å². The Hall–Kier alpha value is -1.51. The number of rotatable bonds is 3. The van der Waals surface area contributed by atoms with Crippen LogP contribution in [0, 0.1) is 11.8 Å². The summed E-state index contributed by atoms with van der Waals surface area (Å²) < 4.78 is 0. The van der Waals surface area contributed by atoms with E-state index < -0.39 is 0 Å². The van der Waals surface area contributed by atoms with Gasteiger partial charge in [0, 0.05) is 24.3 Å². The molecule has 2 unspecified atom stereocenters. The molecule has 0 saturated heterocycles. The average molecular weight is 244 g/mol. The lowest BCUT2D eigenvalue weighted by atomic mass is 9.97. The molecule has 0 aromatic heterocycles. The summed E-state index contributed by atoms with van der Waals surface area (Å²) in [6, 6.07) is 5.97. The summed E-state index contributed by atoms with van der Waals surface area (Å²) in [6.07, 6.45) is 3.37. The minimum absolute atomic E-state index is 0.0923. The average Bonchev–Trinajstić information content (AvgIpc) is 3.11. The second-order valence-corrected chi connectivity index (χ2v) is 5.55. The van der Waals surface area contributed by atoms with E-state index in [1.165, 1.54) is 12.0 Å². The van der Waals surface area contributed by atoms with Crippen LogP contribution in [0.15, 0.2) is 18.2 Å². The molecule has 0 radical (unpaired) electrons. The van der Waals surface area contributed by atoms with Gasteiger partial charge in [-0.3, -0.25) is 4.79 Å².